The molecule has 1 fully saturated rings. The molecule has 30 heavy (non-hydrogen) atoms. The molecule has 4 N–H and O–H groups in total. The highest BCUT2D eigenvalue weighted by molar-refractivity contribution is 6.00. The van der Waals surface area contributed by atoms with E-state index in [0.29, 0.717) is 18.2 Å². The van der Waals surface area contributed by atoms with Crippen molar-refractivity contribution in [2.75, 3.05) is 30.3 Å². The summed E-state index contributed by atoms with van der Waals surface area (Å²) in [5.41, 5.74) is 16.4. The zero-order valence-corrected chi connectivity index (χ0v) is 17.1. The van der Waals surface area contributed by atoms with Crippen LogP contribution < -0.4 is 16.4 Å². The Balaban J connectivity index is 1.57. The molecule has 7 heteroatoms. The van der Waals surface area contributed by atoms with Crippen LogP contribution in [0.2, 0.25) is 0 Å². The number of Topliss-reactive ketones (excluding diaryl/α,β-unsaturated/α-hetero) is 1. The standard InChI is InChI=1S/C23H26N6O/c1-15-13-29(14-15)20-7-9-26-11-18(20)10-21(30)22-23(25)27-12-19(28-22)17-4-2-16(3-5-17)6-8-24/h2-5,7,9,11-12,15H,6,8,10,13-14,24H2,1H3,(H2,25,27). The summed E-state index contributed by atoms with van der Waals surface area (Å²) in [4.78, 5) is 28.3. The number of hydrogen-bond donors (Lipinski definition) is 2. The third-order valence-corrected chi connectivity index (χ3v) is 5.38. The van der Waals surface area contributed by atoms with Gasteiger partial charge < -0.3 is 16.4 Å². The van der Waals surface area contributed by atoms with Gasteiger partial charge in [-0.25, -0.2) is 9.97 Å². The molecule has 0 radical (unpaired) electrons. The lowest BCUT2D eigenvalue weighted by Crippen LogP contribution is -2.45. The van der Waals surface area contributed by atoms with E-state index in [-0.39, 0.29) is 23.7 Å². The van der Waals surface area contributed by atoms with Gasteiger partial charge in [-0.3, -0.25) is 9.78 Å². The molecular formula is C23H26N6O. The lowest BCUT2D eigenvalue weighted by atomic mass is 9.99. The average molecular weight is 403 g/mol. The smallest absolute Gasteiger partial charge is 0.189 e. The van der Waals surface area contributed by atoms with Crippen molar-refractivity contribution in [3.8, 4) is 11.3 Å². The number of nitrogens with two attached hydrogens (primary N) is 2. The Hall–Kier alpha value is -3.32. The molecule has 1 saturated heterocycles. The van der Waals surface area contributed by atoms with Crippen LogP contribution in [-0.4, -0.2) is 40.4 Å². The van der Waals surface area contributed by atoms with E-state index in [0.717, 1.165) is 41.9 Å². The van der Waals surface area contributed by atoms with E-state index < -0.39 is 0 Å². The van der Waals surface area contributed by atoms with Crippen molar-refractivity contribution in [1.29, 1.82) is 0 Å². The van der Waals surface area contributed by atoms with Crippen molar-refractivity contribution in [2.45, 2.75) is 19.8 Å². The zero-order valence-electron chi connectivity index (χ0n) is 17.1. The summed E-state index contributed by atoms with van der Waals surface area (Å²) in [7, 11) is 0. The summed E-state index contributed by atoms with van der Waals surface area (Å²) in [6.07, 6.45) is 6.11. The van der Waals surface area contributed by atoms with Crippen LogP contribution in [0.25, 0.3) is 11.3 Å². The van der Waals surface area contributed by atoms with Crippen molar-refractivity contribution in [3.63, 3.8) is 0 Å². The van der Waals surface area contributed by atoms with Crippen LogP contribution in [-0.2, 0) is 12.8 Å². The fourth-order valence-corrected chi connectivity index (χ4v) is 3.77. The third-order valence-electron chi connectivity index (χ3n) is 5.38. The Bertz CT molecular complexity index is 1040. The quantitative estimate of drug-likeness (QED) is 0.584. The van der Waals surface area contributed by atoms with Crippen LogP contribution in [0.4, 0.5) is 11.5 Å². The van der Waals surface area contributed by atoms with Gasteiger partial charge in [-0.05, 0) is 30.5 Å². The number of anilines is 2. The molecule has 0 unspecified atom stereocenters. The molecule has 1 aliphatic heterocycles. The van der Waals surface area contributed by atoms with Crippen molar-refractivity contribution < 1.29 is 4.79 Å². The van der Waals surface area contributed by atoms with Gasteiger partial charge in [0.05, 0.1) is 11.9 Å². The van der Waals surface area contributed by atoms with Crippen LogP contribution in [0.3, 0.4) is 0 Å². The number of pyridine rings is 1. The molecule has 1 aliphatic rings. The van der Waals surface area contributed by atoms with Crippen LogP contribution >= 0.6 is 0 Å². The number of carbonyl (C=O) groups excluding carboxylic acids is 1. The molecule has 4 rings (SSSR count). The summed E-state index contributed by atoms with van der Waals surface area (Å²) in [5.74, 6) is 0.645. The Labute approximate surface area is 176 Å². The number of ketones is 1. The summed E-state index contributed by atoms with van der Waals surface area (Å²) < 4.78 is 0. The molecule has 3 heterocycles. The summed E-state index contributed by atoms with van der Waals surface area (Å²) >= 11 is 0. The lowest BCUT2D eigenvalue weighted by molar-refractivity contribution is 0.0989. The Morgan fingerprint density at radius 1 is 1.17 bits per heavy atom. The van der Waals surface area contributed by atoms with Crippen LogP contribution in [0, 0.1) is 5.92 Å². The first-order valence-electron chi connectivity index (χ1n) is 10.2. The van der Waals surface area contributed by atoms with Crippen LogP contribution in [0.5, 0.6) is 0 Å². The predicted molar refractivity (Wildman–Crippen MR) is 118 cm³/mol. The summed E-state index contributed by atoms with van der Waals surface area (Å²) in [6, 6.07) is 9.91. The number of rotatable bonds is 7. The number of nitrogen functional groups attached to an aromatic ring is 1. The number of benzene rings is 1. The first kappa shape index (κ1) is 20.0. The van der Waals surface area contributed by atoms with Gasteiger partial charge in [0.1, 0.15) is 5.69 Å². The minimum absolute atomic E-state index is 0.145. The minimum atomic E-state index is -0.163. The maximum absolute atomic E-state index is 13.1. The Kier molecular flexibility index (Phi) is 5.72. The molecular weight excluding hydrogens is 376 g/mol. The largest absolute Gasteiger partial charge is 0.382 e. The molecule has 0 saturated carbocycles. The van der Waals surface area contributed by atoms with Crippen molar-refractivity contribution in [2.24, 2.45) is 11.7 Å². The molecule has 0 amide bonds. The van der Waals surface area contributed by atoms with Crippen molar-refractivity contribution >= 4 is 17.3 Å². The SMILES string of the molecule is CC1CN(c2ccncc2CC(=O)c2nc(-c3ccc(CCN)cc3)cnc2N)C1. The predicted octanol–water partition coefficient (Wildman–Crippen LogP) is 2.50. The molecule has 0 bridgehead atoms. The van der Waals surface area contributed by atoms with Crippen molar-refractivity contribution in [1.82, 2.24) is 15.0 Å². The first-order chi connectivity index (χ1) is 14.5. The van der Waals surface area contributed by atoms with E-state index in [1.165, 1.54) is 0 Å². The maximum Gasteiger partial charge on any atom is 0.189 e. The Morgan fingerprint density at radius 2 is 1.93 bits per heavy atom. The molecule has 7 nitrogen and oxygen atoms in total. The van der Waals surface area contributed by atoms with E-state index in [1.54, 1.807) is 18.6 Å². The second-order valence-corrected chi connectivity index (χ2v) is 7.84. The van der Waals surface area contributed by atoms with Crippen LogP contribution in [0.1, 0.15) is 28.5 Å². The highest BCUT2D eigenvalue weighted by Gasteiger charge is 2.26. The molecule has 1 aromatic carbocycles. The topological polar surface area (TPSA) is 111 Å². The van der Waals surface area contributed by atoms with Gasteiger partial charge in [-0.15, -0.1) is 0 Å². The molecule has 2 aromatic heterocycles. The highest BCUT2D eigenvalue weighted by Crippen LogP contribution is 2.28. The second kappa shape index (κ2) is 8.59. The third kappa shape index (κ3) is 4.16. The van der Waals surface area contributed by atoms with Crippen LogP contribution in [0.15, 0.2) is 48.9 Å². The number of carbonyl (C=O) groups is 1. The van der Waals surface area contributed by atoms with E-state index in [4.69, 9.17) is 11.5 Å². The van der Waals surface area contributed by atoms with Gasteiger partial charge in [0.2, 0.25) is 0 Å². The molecule has 0 spiro atoms. The molecule has 0 atom stereocenters. The summed E-state index contributed by atoms with van der Waals surface area (Å²) in [5, 5.41) is 0. The van der Waals surface area contributed by atoms with Gasteiger partial charge in [-0.2, -0.15) is 0 Å². The second-order valence-electron chi connectivity index (χ2n) is 7.84. The zero-order chi connectivity index (χ0) is 21.1. The van der Waals surface area contributed by atoms with E-state index in [2.05, 4.69) is 26.8 Å². The van der Waals surface area contributed by atoms with Gasteiger partial charge in [0, 0.05) is 48.7 Å². The lowest BCUT2D eigenvalue weighted by Gasteiger charge is -2.40. The van der Waals surface area contributed by atoms with E-state index >= 15 is 0 Å². The van der Waals surface area contributed by atoms with Gasteiger partial charge >= 0.3 is 0 Å². The van der Waals surface area contributed by atoms with Gasteiger partial charge in [0.25, 0.3) is 0 Å². The van der Waals surface area contributed by atoms with Gasteiger partial charge in [0.15, 0.2) is 11.6 Å². The average Bonchev–Trinajstić information content (AvgIpc) is 2.73. The first-order valence-corrected chi connectivity index (χ1v) is 10.2. The fourth-order valence-electron chi connectivity index (χ4n) is 3.77. The molecule has 3 aromatic rings. The number of hydrogen-bond acceptors (Lipinski definition) is 7. The number of nitrogens with zero attached hydrogens (tertiary/aromatic N) is 4. The minimum Gasteiger partial charge on any atom is -0.382 e. The fraction of sp³-hybridized carbons (Fsp3) is 0.304. The normalized spacial score (nSPS) is 13.9. The Morgan fingerprint density at radius 3 is 2.63 bits per heavy atom. The maximum atomic E-state index is 13.1. The molecule has 154 valence electrons. The highest BCUT2D eigenvalue weighted by atomic mass is 16.1. The molecule has 0 aliphatic carbocycles. The number of aromatic nitrogens is 3. The van der Waals surface area contributed by atoms with Crippen molar-refractivity contribution in [3.05, 3.63) is 65.7 Å². The van der Waals surface area contributed by atoms with E-state index in [9.17, 15) is 4.79 Å². The van der Waals surface area contributed by atoms with Gasteiger partial charge in [-0.1, -0.05) is 31.2 Å². The monoisotopic (exact) mass is 402 g/mol. The van der Waals surface area contributed by atoms with E-state index in [1.807, 2.05) is 30.3 Å². The summed E-state index contributed by atoms with van der Waals surface area (Å²) in [6.45, 7) is 4.80.